The number of anilines is 2. The second-order valence-corrected chi connectivity index (χ2v) is 7.62. The van der Waals surface area contributed by atoms with Gasteiger partial charge in [-0.05, 0) is 30.9 Å². The summed E-state index contributed by atoms with van der Waals surface area (Å²) in [6, 6.07) is 10.9. The summed E-state index contributed by atoms with van der Waals surface area (Å²) in [7, 11) is 0. The van der Waals surface area contributed by atoms with E-state index < -0.39 is 11.1 Å². The summed E-state index contributed by atoms with van der Waals surface area (Å²) in [5.41, 5.74) is 1.04. The third-order valence-corrected chi connectivity index (χ3v) is 5.68. The number of aromatic nitrogens is 2. The predicted octanol–water partition coefficient (Wildman–Crippen LogP) is 5.31. The number of nitrogens with one attached hydrogen (secondary N) is 1. The zero-order chi connectivity index (χ0) is 18.9. The van der Waals surface area contributed by atoms with Crippen molar-refractivity contribution in [3.63, 3.8) is 0 Å². The summed E-state index contributed by atoms with van der Waals surface area (Å²) in [5, 5.41) is 3.63. The molecule has 1 aromatic carbocycles. The van der Waals surface area contributed by atoms with E-state index in [0.717, 1.165) is 44.0 Å². The molecule has 1 fully saturated rings. The average molecular weight is 392 g/mol. The van der Waals surface area contributed by atoms with Gasteiger partial charge in [0.05, 0.1) is 5.39 Å². The zero-order valence-electron chi connectivity index (χ0n) is 14.6. The Bertz CT molecular complexity index is 918. The van der Waals surface area contributed by atoms with Crippen molar-refractivity contribution in [1.82, 2.24) is 9.97 Å². The van der Waals surface area contributed by atoms with Crippen LogP contribution in [-0.4, -0.2) is 23.1 Å². The maximum Gasteiger partial charge on any atom is 0.425 e. The molecule has 0 spiro atoms. The molecule has 0 atom stereocenters. The smallest absolute Gasteiger partial charge is 0.365 e. The molecule has 0 aliphatic carbocycles. The number of thiophene rings is 1. The Morgan fingerprint density at radius 2 is 1.78 bits per heavy atom. The van der Waals surface area contributed by atoms with E-state index in [4.69, 9.17) is 0 Å². The zero-order valence-corrected chi connectivity index (χ0v) is 15.4. The molecule has 2 aromatic heterocycles. The van der Waals surface area contributed by atoms with Gasteiger partial charge in [-0.2, -0.15) is 18.2 Å². The second kappa shape index (κ2) is 7.34. The van der Waals surface area contributed by atoms with Crippen molar-refractivity contribution in [2.24, 2.45) is 0 Å². The Kier molecular flexibility index (Phi) is 4.90. The fourth-order valence-electron chi connectivity index (χ4n) is 3.20. The van der Waals surface area contributed by atoms with Crippen molar-refractivity contribution in [2.45, 2.75) is 32.0 Å². The summed E-state index contributed by atoms with van der Waals surface area (Å²) < 4.78 is 39.6. The molecule has 0 radical (unpaired) electrons. The Morgan fingerprint density at radius 1 is 1.04 bits per heavy atom. The van der Waals surface area contributed by atoms with E-state index in [1.54, 1.807) is 0 Å². The molecule has 0 unspecified atom stereocenters. The van der Waals surface area contributed by atoms with Gasteiger partial charge in [0.25, 0.3) is 0 Å². The lowest BCUT2D eigenvalue weighted by atomic mass is 10.1. The van der Waals surface area contributed by atoms with Crippen LogP contribution in [0.2, 0.25) is 0 Å². The van der Waals surface area contributed by atoms with Crippen LogP contribution in [0.3, 0.4) is 0 Å². The Labute approximate surface area is 159 Å². The second-order valence-electron chi connectivity index (χ2n) is 6.59. The van der Waals surface area contributed by atoms with Crippen molar-refractivity contribution in [3.8, 4) is 0 Å². The lowest BCUT2D eigenvalue weighted by molar-refractivity contribution is -0.134. The quantitative estimate of drug-likeness (QED) is 0.653. The van der Waals surface area contributed by atoms with Crippen LogP contribution in [0.25, 0.3) is 10.2 Å². The number of nitrogens with zero attached hydrogens (tertiary/aromatic N) is 3. The Balaban J connectivity index is 1.72. The Morgan fingerprint density at radius 3 is 2.48 bits per heavy atom. The van der Waals surface area contributed by atoms with Gasteiger partial charge in [0.15, 0.2) is 0 Å². The fourth-order valence-corrected chi connectivity index (χ4v) is 4.10. The van der Waals surface area contributed by atoms with Gasteiger partial charge in [-0.3, -0.25) is 0 Å². The first-order valence-electron chi connectivity index (χ1n) is 8.92. The minimum atomic E-state index is -4.38. The first kappa shape index (κ1) is 18.0. The minimum Gasteiger partial charge on any atom is -0.365 e. The standard InChI is InChI=1S/C19H19F3N4S/c20-19(21,22)15-11-14-16(23-12-13-7-3-1-4-8-13)24-18(25-17(14)27-15)26-9-5-2-6-10-26/h1,3-4,7-8,11H,2,5-6,9-10,12H2,(H,23,24,25). The van der Waals surface area contributed by atoms with E-state index in [-0.39, 0.29) is 0 Å². The van der Waals surface area contributed by atoms with E-state index in [1.165, 1.54) is 0 Å². The van der Waals surface area contributed by atoms with Gasteiger partial charge in [-0.15, -0.1) is 11.3 Å². The number of piperidine rings is 1. The highest BCUT2D eigenvalue weighted by Crippen LogP contribution is 2.40. The number of rotatable bonds is 4. The summed E-state index contributed by atoms with van der Waals surface area (Å²) >= 11 is 0.675. The molecule has 1 saturated heterocycles. The van der Waals surface area contributed by atoms with E-state index in [1.807, 2.05) is 30.3 Å². The van der Waals surface area contributed by atoms with Crippen LogP contribution in [0.15, 0.2) is 36.4 Å². The van der Waals surface area contributed by atoms with Crippen LogP contribution in [-0.2, 0) is 12.7 Å². The SMILES string of the molecule is FC(F)(F)c1cc2c(NCc3ccccc3)nc(N3CCCCC3)nc2s1. The highest BCUT2D eigenvalue weighted by molar-refractivity contribution is 7.18. The molecule has 4 nitrogen and oxygen atoms in total. The topological polar surface area (TPSA) is 41.1 Å². The summed E-state index contributed by atoms with van der Waals surface area (Å²) in [4.78, 5) is 10.8. The highest BCUT2D eigenvalue weighted by atomic mass is 32.1. The lowest BCUT2D eigenvalue weighted by Crippen LogP contribution is -2.31. The van der Waals surface area contributed by atoms with Crippen LogP contribution in [0, 0.1) is 0 Å². The van der Waals surface area contributed by atoms with Gasteiger partial charge in [0.1, 0.15) is 15.5 Å². The minimum absolute atomic E-state index is 0.369. The van der Waals surface area contributed by atoms with Crippen LogP contribution in [0.1, 0.15) is 29.7 Å². The number of benzene rings is 1. The molecule has 0 bridgehead atoms. The van der Waals surface area contributed by atoms with Crippen LogP contribution >= 0.6 is 11.3 Å². The number of hydrogen-bond donors (Lipinski definition) is 1. The third kappa shape index (κ3) is 4.00. The first-order valence-corrected chi connectivity index (χ1v) is 9.74. The third-order valence-electron chi connectivity index (χ3n) is 4.60. The normalized spacial score (nSPS) is 15.3. The van der Waals surface area contributed by atoms with E-state index in [9.17, 15) is 13.2 Å². The number of fused-ring (bicyclic) bond motifs is 1. The molecule has 0 saturated carbocycles. The van der Waals surface area contributed by atoms with Gasteiger partial charge in [-0.1, -0.05) is 30.3 Å². The highest BCUT2D eigenvalue weighted by Gasteiger charge is 2.34. The molecule has 1 aliphatic heterocycles. The van der Waals surface area contributed by atoms with Gasteiger partial charge in [0.2, 0.25) is 5.95 Å². The predicted molar refractivity (Wildman–Crippen MR) is 102 cm³/mol. The molecule has 1 aliphatic rings. The van der Waals surface area contributed by atoms with Crippen molar-refractivity contribution in [1.29, 1.82) is 0 Å². The number of hydrogen-bond acceptors (Lipinski definition) is 5. The monoisotopic (exact) mass is 392 g/mol. The lowest BCUT2D eigenvalue weighted by Gasteiger charge is -2.27. The molecule has 0 amide bonds. The van der Waals surface area contributed by atoms with Gasteiger partial charge in [0, 0.05) is 19.6 Å². The molecule has 8 heteroatoms. The van der Waals surface area contributed by atoms with Gasteiger partial charge >= 0.3 is 6.18 Å². The molecule has 27 heavy (non-hydrogen) atoms. The van der Waals surface area contributed by atoms with Crippen molar-refractivity contribution in [3.05, 3.63) is 46.8 Å². The van der Waals surface area contributed by atoms with E-state index >= 15 is 0 Å². The number of halogens is 3. The van der Waals surface area contributed by atoms with Gasteiger partial charge < -0.3 is 10.2 Å². The van der Waals surface area contributed by atoms with E-state index in [2.05, 4.69) is 20.2 Å². The molecule has 4 rings (SSSR count). The van der Waals surface area contributed by atoms with Gasteiger partial charge in [-0.25, -0.2) is 4.98 Å². The maximum absolute atomic E-state index is 13.2. The average Bonchev–Trinajstić information content (AvgIpc) is 3.12. The Hall–Kier alpha value is -2.35. The first-order chi connectivity index (χ1) is 13.0. The van der Waals surface area contributed by atoms with Crippen LogP contribution in [0.4, 0.5) is 24.9 Å². The van der Waals surface area contributed by atoms with Crippen LogP contribution in [0.5, 0.6) is 0 Å². The molecule has 1 N–H and O–H groups in total. The largest absolute Gasteiger partial charge is 0.425 e. The molecular formula is C19H19F3N4S. The van der Waals surface area contributed by atoms with Crippen molar-refractivity contribution in [2.75, 3.05) is 23.3 Å². The van der Waals surface area contributed by atoms with E-state index in [0.29, 0.717) is 39.9 Å². The fraction of sp³-hybridized carbons (Fsp3) is 0.368. The summed E-state index contributed by atoms with van der Waals surface area (Å²) in [6.07, 6.45) is -1.12. The van der Waals surface area contributed by atoms with Crippen LogP contribution < -0.4 is 10.2 Å². The molecule has 3 heterocycles. The molecule has 142 valence electrons. The summed E-state index contributed by atoms with van der Waals surface area (Å²) in [6.45, 7) is 2.16. The number of alkyl halides is 3. The van der Waals surface area contributed by atoms with Crippen molar-refractivity contribution < 1.29 is 13.2 Å². The molecular weight excluding hydrogens is 373 g/mol. The maximum atomic E-state index is 13.2. The molecule has 3 aromatic rings. The summed E-state index contributed by atoms with van der Waals surface area (Å²) in [5.74, 6) is 0.963. The van der Waals surface area contributed by atoms with Crippen molar-refractivity contribution >= 4 is 33.3 Å².